The van der Waals surface area contributed by atoms with Crippen LogP contribution in [0.5, 0.6) is 5.75 Å². The first-order valence-electron chi connectivity index (χ1n) is 11.6. The lowest BCUT2D eigenvalue weighted by atomic mass is 9.95. The fourth-order valence-corrected chi connectivity index (χ4v) is 4.84. The first-order valence-corrected chi connectivity index (χ1v) is 12.1. The second kappa shape index (κ2) is 13.7. The molecule has 9 heteroatoms. The number of halogens is 3. The maximum atomic E-state index is 13.7. The average Bonchev–Trinajstić information content (AvgIpc) is 3.63. The number of ether oxygens (including phenoxy) is 3. The molecule has 0 bridgehead atoms. The van der Waals surface area contributed by atoms with E-state index in [0.717, 1.165) is 56.0 Å². The Bertz CT molecular complexity index is 911. The minimum Gasteiger partial charge on any atom is -0.497 e. The number of esters is 1. The SMILES string of the molecule is COc1ccc(C2(C(=O)OC(c3ccccc3)N3CCN(CCCCl)CC3)CC2OC)cc1.Cl.Cl. The van der Waals surface area contributed by atoms with Crippen molar-refractivity contribution in [3.63, 3.8) is 0 Å². The molecule has 2 aliphatic rings. The maximum absolute atomic E-state index is 13.7. The fraction of sp³-hybridized carbons (Fsp3) is 0.500. The lowest BCUT2D eigenvalue weighted by Crippen LogP contribution is -2.49. The van der Waals surface area contributed by atoms with E-state index in [1.54, 1.807) is 14.2 Å². The highest BCUT2D eigenvalue weighted by atomic mass is 35.5. The summed E-state index contributed by atoms with van der Waals surface area (Å²) in [4.78, 5) is 18.4. The minimum absolute atomic E-state index is 0. The molecule has 2 fully saturated rings. The zero-order valence-electron chi connectivity index (χ0n) is 20.2. The number of rotatable bonds is 10. The number of hydrogen-bond acceptors (Lipinski definition) is 6. The smallest absolute Gasteiger partial charge is 0.321 e. The van der Waals surface area contributed by atoms with E-state index in [9.17, 15) is 4.79 Å². The number of piperazine rings is 1. The van der Waals surface area contributed by atoms with Crippen LogP contribution in [-0.4, -0.2) is 74.7 Å². The van der Waals surface area contributed by atoms with E-state index in [1.165, 1.54) is 0 Å². The quantitative estimate of drug-likeness (QED) is 0.319. The van der Waals surface area contributed by atoms with Crippen LogP contribution in [-0.2, 0) is 19.7 Å². The third kappa shape index (κ3) is 6.62. The van der Waals surface area contributed by atoms with Crippen molar-refractivity contribution in [2.45, 2.75) is 30.6 Å². The number of alkyl halides is 1. The summed E-state index contributed by atoms with van der Waals surface area (Å²) < 4.78 is 17.2. The summed E-state index contributed by atoms with van der Waals surface area (Å²) in [7, 11) is 3.28. The topological polar surface area (TPSA) is 51.2 Å². The zero-order valence-corrected chi connectivity index (χ0v) is 22.6. The number of carbonyl (C=O) groups is 1. The third-order valence-electron chi connectivity index (χ3n) is 6.80. The predicted molar refractivity (Wildman–Crippen MR) is 143 cm³/mol. The van der Waals surface area contributed by atoms with Crippen molar-refractivity contribution in [3.05, 3.63) is 65.7 Å². The normalized spacial score (nSPS) is 22.9. The molecular formula is C26H35Cl3N2O4. The average molecular weight is 546 g/mol. The molecule has 2 aromatic rings. The van der Waals surface area contributed by atoms with E-state index >= 15 is 0 Å². The molecule has 1 aliphatic heterocycles. The summed E-state index contributed by atoms with van der Waals surface area (Å²) in [6, 6.07) is 17.6. The molecular weight excluding hydrogens is 511 g/mol. The second-order valence-corrected chi connectivity index (χ2v) is 9.09. The summed E-state index contributed by atoms with van der Waals surface area (Å²) in [6.45, 7) is 4.53. The summed E-state index contributed by atoms with van der Waals surface area (Å²) in [6.07, 6.45) is 0.980. The first-order chi connectivity index (χ1) is 16.1. The number of carbonyl (C=O) groups excluding carboxylic acids is 1. The Labute approximate surface area is 225 Å². The van der Waals surface area contributed by atoms with Gasteiger partial charge >= 0.3 is 5.97 Å². The van der Waals surface area contributed by atoms with Gasteiger partial charge in [0.2, 0.25) is 0 Å². The van der Waals surface area contributed by atoms with Crippen LogP contribution in [0.2, 0.25) is 0 Å². The van der Waals surface area contributed by atoms with Crippen molar-refractivity contribution in [1.82, 2.24) is 9.80 Å². The standard InChI is InChI=1S/C26H33ClN2O4.2ClH/c1-31-22-11-9-21(10-12-22)26(19-23(26)32-2)25(30)33-24(20-7-4-3-5-8-20)29-17-15-28(16-18-29)14-6-13-27;;/h3-5,7-12,23-24H,6,13-19H2,1-2H3;2*1H. The van der Waals surface area contributed by atoms with E-state index in [2.05, 4.69) is 9.80 Å². The van der Waals surface area contributed by atoms with Gasteiger partial charge in [0.05, 0.1) is 13.2 Å². The molecule has 35 heavy (non-hydrogen) atoms. The van der Waals surface area contributed by atoms with Crippen LogP contribution in [0.1, 0.15) is 30.2 Å². The van der Waals surface area contributed by atoms with Crippen molar-refractivity contribution in [2.75, 3.05) is 52.8 Å². The van der Waals surface area contributed by atoms with Crippen molar-refractivity contribution in [1.29, 1.82) is 0 Å². The van der Waals surface area contributed by atoms with E-state index in [1.807, 2.05) is 54.6 Å². The highest BCUT2D eigenvalue weighted by molar-refractivity contribution is 6.17. The summed E-state index contributed by atoms with van der Waals surface area (Å²) in [5.74, 6) is 1.20. The van der Waals surface area contributed by atoms with Crippen LogP contribution in [0.3, 0.4) is 0 Å². The highest BCUT2D eigenvalue weighted by Gasteiger charge is 2.64. The Kier molecular flexibility index (Phi) is 11.6. The number of hydrogen-bond donors (Lipinski definition) is 0. The number of benzene rings is 2. The number of nitrogens with zero attached hydrogens (tertiary/aromatic N) is 2. The molecule has 3 atom stereocenters. The van der Waals surface area contributed by atoms with Gasteiger partial charge in [-0.15, -0.1) is 36.4 Å². The molecule has 0 spiro atoms. The molecule has 1 saturated heterocycles. The summed E-state index contributed by atoms with van der Waals surface area (Å²) in [5.41, 5.74) is 1.10. The molecule has 194 valence electrons. The van der Waals surface area contributed by atoms with Gasteiger partial charge in [-0.3, -0.25) is 9.69 Å². The van der Waals surface area contributed by atoms with Crippen LogP contribution in [0.15, 0.2) is 54.6 Å². The van der Waals surface area contributed by atoms with Gasteiger partial charge in [-0.1, -0.05) is 42.5 Å². The van der Waals surface area contributed by atoms with E-state index < -0.39 is 11.6 Å². The second-order valence-electron chi connectivity index (χ2n) is 8.72. The lowest BCUT2D eigenvalue weighted by molar-refractivity contribution is -0.166. The van der Waals surface area contributed by atoms with Crippen molar-refractivity contribution in [2.24, 2.45) is 0 Å². The van der Waals surface area contributed by atoms with Gasteiger partial charge in [0, 0.05) is 44.7 Å². The van der Waals surface area contributed by atoms with Crippen molar-refractivity contribution >= 4 is 42.4 Å². The van der Waals surface area contributed by atoms with Gasteiger partial charge in [-0.05, 0) is 37.1 Å². The molecule has 1 saturated carbocycles. The van der Waals surface area contributed by atoms with Crippen LogP contribution in [0.4, 0.5) is 0 Å². The molecule has 1 heterocycles. The van der Waals surface area contributed by atoms with Gasteiger partial charge in [0.25, 0.3) is 0 Å². The minimum atomic E-state index is -0.782. The lowest BCUT2D eigenvalue weighted by Gasteiger charge is -2.39. The van der Waals surface area contributed by atoms with Gasteiger partial charge < -0.3 is 19.1 Å². The Morgan fingerprint density at radius 3 is 2.23 bits per heavy atom. The fourth-order valence-electron chi connectivity index (χ4n) is 4.73. The Hall–Kier alpha value is -1.54. The predicted octanol–water partition coefficient (Wildman–Crippen LogP) is 4.68. The van der Waals surface area contributed by atoms with Gasteiger partial charge in [0.15, 0.2) is 6.23 Å². The monoisotopic (exact) mass is 544 g/mol. The molecule has 6 nitrogen and oxygen atoms in total. The van der Waals surface area contributed by atoms with Crippen molar-refractivity contribution in [3.8, 4) is 5.75 Å². The van der Waals surface area contributed by atoms with Crippen molar-refractivity contribution < 1.29 is 19.0 Å². The zero-order chi connectivity index (χ0) is 23.3. The molecule has 0 aromatic heterocycles. The largest absolute Gasteiger partial charge is 0.497 e. The van der Waals surface area contributed by atoms with Crippen LogP contribution >= 0.6 is 36.4 Å². The highest BCUT2D eigenvalue weighted by Crippen LogP contribution is 2.52. The third-order valence-corrected chi connectivity index (χ3v) is 7.07. The molecule has 4 rings (SSSR count). The molecule has 3 unspecified atom stereocenters. The molecule has 0 N–H and O–H groups in total. The van der Waals surface area contributed by atoms with Gasteiger partial charge in [-0.2, -0.15) is 0 Å². The van der Waals surface area contributed by atoms with Gasteiger partial charge in [0.1, 0.15) is 11.2 Å². The van der Waals surface area contributed by atoms with Crippen LogP contribution < -0.4 is 4.74 Å². The summed E-state index contributed by atoms with van der Waals surface area (Å²) >= 11 is 5.87. The van der Waals surface area contributed by atoms with E-state index in [4.69, 9.17) is 25.8 Å². The van der Waals surface area contributed by atoms with E-state index in [-0.39, 0.29) is 36.9 Å². The first kappa shape index (κ1) is 29.7. The Balaban J connectivity index is 0.00000216. The molecule has 1 aliphatic carbocycles. The Morgan fingerprint density at radius 2 is 1.69 bits per heavy atom. The summed E-state index contributed by atoms with van der Waals surface area (Å²) in [5, 5.41) is 0. The van der Waals surface area contributed by atoms with Gasteiger partial charge in [-0.25, -0.2) is 0 Å². The molecule has 0 amide bonds. The molecule has 2 aromatic carbocycles. The van der Waals surface area contributed by atoms with Crippen LogP contribution in [0, 0.1) is 0 Å². The van der Waals surface area contributed by atoms with E-state index in [0.29, 0.717) is 12.3 Å². The molecule has 0 radical (unpaired) electrons. The number of methoxy groups -OCH3 is 2. The Morgan fingerprint density at radius 1 is 1.03 bits per heavy atom. The van der Waals surface area contributed by atoms with Crippen LogP contribution in [0.25, 0.3) is 0 Å². The maximum Gasteiger partial charge on any atom is 0.321 e.